The molecule has 4 rings (SSSR count). The molecule has 1 aliphatic heterocycles. The molecule has 1 fully saturated rings. The lowest BCUT2D eigenvalue weighted by Gasteiger charge is -2.25. The number of anilines is 1. The molecule has 25 heavy (non-hydrogen) atoms. The number of nitrogens with one attached hydrogen (secondary N) is 1. The van der Waals surface area contributed by atoms with Gasteiger partial charge in [-0.25, -0.2) is 9.97 Å². The third kappa shape index (κ3) is 3.69. The maximum absolute atomic E-state index is 5.44. The number of morpholine rings is 1. The van der Waals surface area contributed by atoms with Gasteiger partial charge in [-0.05, 0) is 30.9 Å². The summed E-state index contributed by atoms with van der Waals surface area (Å²) in [6.45, 7) is 9.38. The average molecular weight is 375 g/mol. The van der Waals surface area contributed by atoms with Crippen molar-refractivity contribution < 1.29 is 4.74 Å². The summed E-state index contributed by atoms with van der Waals surface area (Å²) in [6, 6.07) is 4.23. The maximum Gasteiger partial charge on any atom is 0.146 e. The first kappa shape index (κ1) is 16.9. The van der Waals surface area contributed by atoms with E-state index < -0.39 is 0 Å². The topological polar surface area (TPSA) is 50.3 Å². The van der Waals surface area contributed by atoms with Crippen molar-refractivity contribution in [3.05, 3.63) is 38.7 Å². The van der Waals surface area contributed by atoms with E-state index in [1.807, 2.05) is 0 Å². The van der Waals surface area contributed by atoms with Crippen LogP contribution in [0.15, 0.2) is 17.5 Å². The molecule has 0 saturated carbocycles. The molecule has 132 valence electrons. The van der Waals surface area contributed by atoms with Gasteiger partial charge in [0.15, 0.2) is 0 Å². The van der Waals surface area contributed by atoms with Gasteiger partial charge in [0.1, 0.15) is 16.5 Å². The Bertz CT molecular complexity index is 854. The zero-order valence-electron chi connectivity index (χ0n) is 14.5. The highest BCUT2D eigenvalue weighted by Crippen LogP contribution is 2.33. The molecule has 1 N–H and O–H groups in total. The van der Waals surface area contributed by atoms with Gasteiger partial charge in [0.05, 0.1) is 31.7 Å². The van der Waals surface area contributed by atoms with Crippen molar-refractivity contribution in [2.24, 2.45) is 0 Å². The third-order valence-corrected chi connectivity index (χ3v) is 6.53. The Labute approximate surface area is 155 Å². The van der Waals surface area contributed by atoms with Crippen LogP contribution >= 0.6 is 22.7 Å². The van der Waals surface area contributed by atoms with E-state index in [4.69, 9.17) is 14.7 Å². The largest absolute Gasteiger partial charge is 0.379 e. The smallest absolute Gasteiger partial charge is 0.146 e. The van der Waals surface area contributed by atoms with Crippen molar-refractivity contribution in [2.45, 2.75) is 26.9 Å². The van der Waals surface area contributed by atoms with E-state index in [0.717, 1.165) is 55.9 Å². The van der Waals surface area contributed by atoms with E-state index in [-0.39, 0.29) is 0 Å². The minimum absolute atomic E-state index is 0.781. The normalized spacial score (nSPS) is 15.8. The van der Waals surface area contributed by atoms with Crippen molar-refractivity contribution in [3.63, 3.8) is 0 Å². The number of hydrogen-bond donors (Lipinski definition) is 1. The Kier molecular flexibility index (Phi) is 4.98. The van der Waals surface area contributed by atoms with Gasteiger partial charge >= 0.3 is 0 Å². The van der Waals surface area contributed by atoms with Crippen LogP contribution in [-0.4, -0.2) is 41.2 Å². The molecular weight excluding hydrogens is 352 g/mol. The number of aryl methyl sites for hydroxylation is 2. The Hall–Kier alpha value is -1.54. The van der Waals surface area contributed by atoms with Crippen LogP contribution in [0.2, 0.25) is 0 Å². The standard InChI is InChI=1S/C18H22N4OS2/c1-12-13(2)25-18-16(12)17(19-10-14-4-3-9-24-14)20-15(21-18)11-22-5-7-23-8-6-22/h3-4,9H,5-8,10-11H2,1-2H3,(H,19,20,21). The van der Waals surface area contributed by atoms with Gasteiger partial charge in [-0.3, -0.25) is 4.90 Å². The van der Waals surface area contributed by atoms with E-state index in [0.29, 0.717) is 0 Å². The molecule has 1 aliphatic rings. The van der Waals surface area contributed by atoms with E-state index in [1.165, 1.54) is 20.7 Å². The molecule has 1 saturated heterocycles. The van der Waals surface area contributed by atoms with Crippen molar-refractivity contribution >= 4 is 38.7 Å². The molecule has 0 amide bonds. The van der Waals surface area contributed by atoms with Crippen LogP contribution in [0.5, 0.6) is 0 Å². The lowest BCUT2D eigenvalue weighted by atomic mass is 10.2. The summed E-state index contributed by atoms with van der Waals surface area (Å²) in [5.41, 5.74) is 1.28. The van der Waals surface area contributed by atoms with Crippen LogP contribution in [0.1, 0.15) is 21.1 Å². The summed E-state index contributed by atoms with van der Waals surface area (Å²) < 4.78 is 5.44. The van der Waals surface area contributed by atoms with Gasteiger partial charge in [0.2, 0.25) is 0 Å². The fourth-order valence-electron chi connectivity index (χ4n) is 3.04. The summed E-state index contributed by atoms with van der Waals surface area (Å²) in [5, 5.41) is 6.82. The molecule has 0 aliphatic carbocycles. The van der Waals surface area contributed by atoms with Crippen LogP contribution in [0.4, 0.5) is 5.82 Å². The molecule has 0 bridgehead atoms. The predicted molar refractivity (Wildman–Crippen MR) is 105 cm³/mol. The minimum atomic E-state index is 0.781. The monoisotopic (exact) mass is 374 g/mol. The summed E-state index contributed by atoms with van der Waals surface area (Å²) >= 11 is 3.52. The van der Waals surface area contributed by atoms with Gasteiger partial charge < -0.3 is 10.1 Å². The van der Waals surface area contributed by atoms with Gasteiger partial charge in [-0.2, -0.15) is 0 Å². The lowest BCUT2D eigenvalue weighted by molar-refractivity contribution is 0.0331. The summed E-state index contributed by atoms with van der Waals surface area (Å²) in [4.78, 5) is 15.8. The van der Waals surface area contributed by atoms with Gasteiger partial charge in [0, 0.05) is 22.8 Å². The number of aromatic nitrogens is 2. The first-order valence-corrected chi connectivity index (χ1v) is 10.2. The fraction of sp³-hybridized carbons (Fsp3) is 0.444. The summed E-state index contributed by atoms with van der Waals surface area (Å²) in [6.07, 6.45) is 0. The van der Waals surface area contributed by atoms with Crippen molar-refractivity contribution in [1.82, 2.24) is 14.9 Å². The predicted octanol–water partition coefficient (Wildman–Crippen LogP) is 3.81. The number of fused-ring (bicyclic) bond motifs is 1. The zero-order chi connectivity index (χ0) is 17.2. The maximum atomic E-state index is 5.44. The second kappa shape index (κ2) is 7.37. The Balaban J connectivity index is 1.64. The van der Waals surface area contributed by atoms with Crippen molar-refractivity contribution in [1.29, 1.82) is 0 Å². The van der Waals surface area contributed by atoms with Crippen molar-refractivity contribution in [3.8, 4) is 0 Å². The number of nitrogens with zero attached hydrogens (tertiary/aromatic N) is 3. The highest BCUT2D eigenvalue weighted by Gasteiger charge is 2.17. The molecule has 5 nitrogen and oxygen atoms in total. The minimum Gasteiger partial charge on any atom is -0.379 e. The number of hydrogen-bond acceptors (Lipinski definition) is 7. The molecule has 4 heterocycles. The van der Waals surface area contributed by atoms with Crippen LogP contribution in [0.3, 0.4) is 0 Å². The summed E-state index contributed by atoms with van der Waals surface area (Å²) in [7, 11) is 0. The average Bonchev–Trinajstić information content (AvgIpc) is 3.22. The Morgan fingerprint density at radius 2 is 2.08 bits per heavy atom. The molecule has 0 aromatic carbocycles. The molecule has 3 aromatic heterocycles. The Morgan fingerprint density at radius 3 is 2.84 bits per heavy atom. The first-order valence-electron chi connectivity index (χ1n) is 8.53. The molecule has 0 atom stereocenters. The first-order chi connectivity index (χ1) is 12.2. The van der Waals surface area contributed by atoms with E-state index in [2.05, 4.69) is 41.6 Å². The summed E-state index contributed by atoms with van der Waals surface area (Å²) in [5.74, 6) is 1.85. The molecule has 0 radical (unpaired) electrons. The zero-order valence-corrected chi connectivity index (χ0v) is 16.2. The lowest BCUT2D eigenvalue weighted by Crippen LogP contribution is -2.36. The third-order valence-electron chi connectivity index (χ3n) is 4.55. The highest BCUT2D eigenvalue weighted by atomic mass is 32.1. The molecule has 0 spiro atoms. The highest BCUT2D eigenvalue weighted by molar-refractivity contribution is 7.18. The van der Waals surface area contributed by atoms with Crippen LogP contribution in [0, 0.1) is 13.8 Å². The molecule has 0 unspecified atom stereocenters. The van der Waals surface area contributed by atoms with Gasteiger partial charge in [0.25, 0.3) is 0 Å². The van der Waals surface area contributed by atoms with Crippen LogP contribution in [-0.2, 0) is 17.8 Å². The van der Waals surface area contributed by atoms with Crippen LogP contribution < -0.4 is 5.32 Å². The molecular formula is C18H22N4OS2. The van der Waals surface area contributed by atoms with E-state index >= 15 is 0 Å². The van der Waals surface area contributed by atoms with E-state index in [1.54, 1.807) is 22.7 Å². The quantitative estimate of drug-likeness (QED) is 0.736. The van der Waals surface area contributed by atoms with Gasteiger partial charge in [-0.1, -0.05) is 6.07 Å². The Morgan fingerprint density at radius 1 is 1.24 bits per heavy atom. The number of thiophene rings is 2. The number of ether oxygens (including phenoxy) is 1. The molecule has 3 aromatic rings. The number of rotatable bonds is 5. The van der Waals surface area contributed by atoms with Gasteiger partial charge in [-0.15, -0.1) is 22.7 Å². The van der Waals surface area contributed by atoms with Crippen molar-refractivity contribution in [2.75, 3.05) is 31.6 Å². The fourth-order valence-corrected chi connectivity index (χ4v) is 4.73. The van der Waals surface area contributed by atoms with Crippen LogP contribution in [0.25, 0.3) is 10.2 Å². The second-order valence-corrected chi connectivity index (χ2v) is 8.51. The SMILES string of the molecule is Cc1sc2nc(CN3CCOCC3)nc(NCc3cccs3)c2c1C. The molecule has 7 heteroatoms. The van der Waals surface area contributed by atoms with E-state index in [9.17, 15) is 0 Å². The second-order valence-electron chi connectivity index (χ2n) is 6.27.